The van der Waals surface area contributed by atoms with Gasteiger partial charge in [0.1, 0.15) is 11.9 Å². The highest BCUT2D eigenvalue weighted by atomic mass is 127. The predicted octanol–water partition coefficient (Wildman–Crippen LogP) is 3.94. The molecule has 2 aromatic rings. The minimum Gasteiger partial charge on any atom is -0.496 e. The van der Waals surface area contributed by atoms with Crippen molar-refractivity contribution < 1.29 is 9.47 Å². The average Bonchev–Trinajstić information content (AvgIpc) is 3.25. The number of halogens is 1. The summed E-state index contributed by atoms with van der Waals surface area (Å²) in [4.78, 5) is 8.71. The molecule has 0 spiro atoms. The number of methoxy groups -OCH3 is 1. The monoisotopic (exact) mass is 510 g/mol. The van der Waals surface area contributed by atoms with E-state index in [0.717, 1.165) is 49.0 Å². The normalized spacial score (nSPS) is 14.2. The van der Waals surface area contributed by atoms with Crippen molar-refractivity contribution in [2.45, 2.75) is 44.8 Å². The number of nitrogens with zero attached hydrogens (tertiary/aromatic N) is 2. The van der Waals surface area contributed by atoms with Gasteiger partial charge in [-0.05, 0) is 49.3 Å². The molecule has 0 unspecified atom stereocenters. The van der Waals surface area contributed by atoms with Crippen molar-refractivity contribution >= 4 is 29.9 Å². The topological polar surface area (TPSA) is 67.8 Å². The summed E-state index contributed by atoms with van der Waals surface area (Å²) in [6.45, 7) is 1.43. The summed E-state index contributed by atoms with van der Waals surface area (Å²) < 4.78 is 11.3. The van der Waals surface area contributed by atoms with E-state index in [1.54, 1.807) is 14.2 Å². The second-order valence-corrected chi connectivity index (χ2v) is 6.94. The number of aromatic nitrogens is 1. The largest absolute Gasteiger partial charge is 0.496 e. The summed E-state index contributed by atoms with van der Waals surface area (Å²) in [5, 5.41) is 6.66. The number of pyridine rings is 1. The SMILES string of the molecule is CN=C(NCCc1ccccc1OC)NCc1ccc(OC2CCCC2)nc1.I. The molecule has 0 amide bonds. The second-order valence-electron chi connectivity index (χ2n) is 6.94. The fourth-order valence-corrected chi connectivity index (χ4v) is 3.39. The molecule has 0 bridgehead atoms. The fourth-order valence-electron chi connectivity index (χ4n) is 3.39. The van der Waals surface area contributed by atoms with E-state index in [2.05, 4.69) is 26.7 Å². The number of para-hydroxylation sites is 1. The Labute approximate surface area is 190 Å². The molecule has 1 saturated carbocycles. The van der Waals surface area contributed by atoms with Crippen LogP contribution in [0.5, 0.6) is 11.6 Å². The van der Waals surface area contributed by atoms with Crippen LogP contribution in [0.3, 0.4) is 0 Å². The molecule has 0 atom stereocenters. The summed E-state index contributed by atoms with van der Waals surface area (Å²) in [6, 6.07) is 12.1. The van der Waals surface area contributed by atoms with E-state index >= 15 is 0 Å². The number of aliphatic imine (C=N–C) groups is 1. The summed E-state index contributed by atoms with van der Waals surface area (Å²) in [5.41, 5.74) is 2.27. The van der Waals surface area contributed by atoms with Crippen molar-refractivity contribution in [1.82, 2.24) is 15.6 Å². The highest BCUT2D eigenvalue weighted by molar-refractivity contribution is 14.0. The van der Waals surface area contributed by atoms with Gasteiger partial charge in [0.05, 0.1) is 7.11 Å². The van der Waals surface area contributed by atoms with Gasteiger partial charge < -0.3 is 20.1 Å². The van der Waals surface area contributed by atoms with Gasteiger partial charge in [0, 0.05) is 32.4 Å². The molecule has 158 valence electrons. The van der Waals surface area contributed by atoms with E-state index < -0.39 is 0 Å². The average molecular weight is 510 g/mol. The number of hydrogen-bond acceptors (Lipinski definition) is 4. The Bertz CT molecular complexity index is 762. The lowest BCUT2D eigenvalue weighted by atomic mass is 10.1. The van der Waals surface area contributed by atoms with Gasteiger partial charge in [-0.3, -0.25) is 4.99 Å². The quantitative estimate of drug-likeness (QED) is 0.320. The Hall–Kier alpha value is -2.03. The first-order valence-corrected chi connectivity index (χ1v) is 9.96. The lowest BCUT2D eigenvalue weighted by molar-refractivity contribution is 0.201. The third-order valence-corrected chi connectivity index (χ3v) is 4.95. The summed E-state index contributed by atoms with van der Waals surface area (Å²) >= 11 is 0. The van der Waals surface area contributed by atoms with E-state index in [4.69, 9.17) is 9.47 Å². The molecule has 1 aromatic carbocycles. The zero-order valence-corrected chi connectivity index (χ0v) is 19.5. The van der Waals surface area contributed by atoms with Gasteiger partial charge in [-0.2, -0.15) is 0 Å². The molecule has 3 rings (SSSR count). The van der Waals surface area contributed by atoms with Crippen molar-refractivity contribution in [2.24, 2.45) is 4.99 Å². The molecule has 29 heavy (non-hydrogen) atoms. The molecule has 1 aliphatic carbocycles. The van der Waals surface area contributed by atoms with Gasteiger partial charge in [0.25, 0.3) is 0 Å². The number of ether oxygens (including phenoxy) is 2. The van der Waals surface area contributed by atoms with Crippen LogP contribution in [0.2, 0.25) is 0 Å². The highest BCUT2D eigenvalue weighted by Crippen LogP contribution is 2.22. The number of rotatable bonds is 8. The lowest BCUT2D eigenvalue weighted by Gasteiger charge is -2.14. The van der Waals surface area contributed by atoms with Crippen LogP contribution < -0.4 is 20.1 Å². The van der Waals surface area contributed by atoms with E-state index in [1.165, 1.54) is 18.4 Å². The lowest BCUT2D eigenvalue weighted by Crippen LogP contribution is -2.37. The summed E-state index contributed by atoms with van der Waals surface area (Å²) in [6.07, 6.45) is 7.86. The smallest absolute Gasteiger partial charge is 0.213 e. The molecule has 1 heterocycles. The third kappa shape index (κ3) is 7.38. The van der Waals surface area contributed by atoms with Crippen molar-refractivity contribution in [1.29, 1.82) is 0 Å². The zero-order valence-electron chi connectivity index (χ0n) is 17.2. The Morgan fingerprint density at radius 3 is 2.62 bits per heavy atom. The van der Waals surface area contributed by atoms with Crippen LogP contribution in [0.15, 0.2) is 47.6 Å². The van der Waals surface area contributed by atoms with Crippen LogP contribution in [0.1, 0.15) is 36.8 Å². The Kier molecular flexibility index (Phi) is 10.0. The van der Waals surface area contributed by atoms with Crippen LogP contribution in [0, 0.1) is 0 Å². The zero-order chi connectivity index (χ0) is 19.6. The first-order chi connectivity index (χ1) is 13.8. The van der Waals surface area contributed by atoms with Crippen molar-refractivity contribution in [3.8, 4) is 11.6 Å². The molecule has 1 aromatic heterocycles. The molecule has 6 nitrogen and oxygen atoms in total. The first kappa shape index (κ1) is 23.3. The summed E-state index contributed by atoms with van der Waals surface area (Å²) in [7, 11) is 3.47. The third-order valence-electron chi connectivity index (χ3n) is 4.95. The van der Waals surface area contributed by atoms with Crippen LogP contribution >= 0.6 is 24.0 Å². The maximum absolute atomic E-state index is 5.91. The molecule has 2 N–H and O–H groups in total. The van der Waals surface area contributed by atoms with Gasteiger partial charge in [-0.1, -0.05) is 24.3 Å². The molecule has 0 aliphatic heterocycles. The van der Waals surface area contributed by atoms with Gasteiger partial charge in [-0.25, -0.2) is 4.98 Å². The molecule has 1 aliphatic rings. The molecule has 0 saturated heterocycles. The minimum atomic E-state index is 0. The maximum atomic E-state index is 5.91. The molecule has 1 fully saturated rings. The Morgan fingerprint density at radius 1 is 1.14 bits per heavy atom. The number of benzene rings is 1. The fraction of sp³-hybridized carbons (Fsp3) is 0.455. The minimum absolute atomic E-state index is 0. The van der Waals surface area contributed by atoms with Crippen molar-refractivity contribution in [3.63, 3.8) is 0 Å². The van der Waals surface area contributed by atoms with Gasteiger partial charge in [-0.15, -0.1) is 24.0 Å². The van der Waals surface area contributed by atoms with Crippen LogP contribution in [0.25, 0.3) is 0 Å². The molecule has 7 heteroatoms. The molecular formula is C22H31IN4O2. The maximum Gasteiger partial charge on any atom is 0.213 e. The Balaban J connectivity index is 0.00000300. The van der Waals surface area contributed by atoms with Gasteiger partial charge in [0.15, 0.2) is 5.96 Å². The molecular weight excluding hydrogens is 479 g/mol. The Morgan fingerprint density at radius 2 is 1.93 bits per heavy atom. The molecule has 0 radical (unpaired) electrons. The highest BCUT2D eigenvalue weighted by Gasteiger charge is 2.16. The van der Waals surface area contributed by atoms with Crippen LogP contribution in [-0.4, -0.2) is 37.7 Å². The van der Waals surface area contributed by atoms with Gasteiger partial charge >= 0.3 is 0 Å². The standard InChI is InChI=1S/C22H30N4O2.HI/c1-23-22(24-14-13-18-7-3-6-10-20(18)27-2)26-16-17-11-12-21(25-15-17)28-19-8-4-5-9-19;/h3,6-7,10-12,15,19H,4-5,8-9,13-14,16H2,1-2H3,(H2,23,24,26);1H. The number of hydrogen-bond donors (Lipinski definition) is 2. The predicted molar refractivity (Wildman–Crippen MR) is 127 cm³/mol. The number of guanidine groups is 1. The van der Waals surface area contributed by atoms with Crippen LogP contribution in [0.4, 0.5) is 0 Å². The number of nitrogens with one attached hydrogen (secondary N) is 2. The van der Waals surface area contributed by atoms with Crippen molar-refractivity contribution in [2.75, 3.05) is 20.7 Å². The van der Waals surface area contributed by atoms with E-state index in [1.807, 2.05) is 36.5 Å². The van der Waals surface area contributed by atoms with Crippen LogP contribution in [-0.2, 0) is 13.0 Å². The second kappa shape index (κ2) is 12.5. The summed E-state index contributed by atoms with van der Waals surface area (Å²) in [5.74, 6) is 2.40. The van der Waals surface area contributed by atoms with Gasteiger partial charge in [0.2, 0.25) is 5.88 Å². The van der Waals surface area contributed by atoms with E-state index in [-0.39, 0.29) is 24.0 Å². The first-order valence-electron chi connectivity index (χ1n) is 9.96. The van der Waals surface area contributed by atoms with Crippen molar-refractivity contribution in [3.05, 3.63) is 53.7 Å². The van der Waals surface area contributed by atoms with E-state index in [0.29, 0.717) is 12.6 Å². The van der Waals surface area contributed by atoms with E-state index in [9.17, 15) is 0 Å².